The van der Waals surface area contributed by atoms with Crippen molar-refractivity contribution in [3.8, 4) is 17.0 Å². The average molecular weight is 614 g/mol. The van der Waals surface area contributed by atoms with Crippen LogP contribution in [-0.2, 0) is 33.8 Å². The Balaban J connectivity index is 1.18. The number of fused-ring (bicyclic) bond motifs is 2. The number of amides is 2. The SMILES string of the molecule is N=C(N)C(=CN)C(=O)NCCOCCC(=O)N1CCc2cc(Cn3nc(-c4ccc(O)c(N)c4)c4c(N)ncnc43)ccc2C1. The van der Waals surface area contributed by atoms with Gasteiger partial charge in [-0.15, -0.1) is 0 Å². The molecule has 0 radical (unpaired) electrons. The number of nitrogen functional groups attached to an aromatic ring is 2. The zero-order valence-electron chi connectivity index (χ0n) is 24.5. The number of carbonyl (C=O) groups is 2. The van der Waals surface area contributed by atoms with Crippen LogP contribution >= 0.6 is 0 Å². The van der Waals surface area contributed by atoms with Gasteiger partial charge in [0.15, 0.2) is 5.65 Å². The van der Waals surface area contributed by atoms with E-state index in [-0.39, 0.29) is 49.1 Å². The lowest BCUT2D eigenvalue weighted by Crippen LogP contribution is -2.36. The van der Waals surface area contributed by atoms with E-state index in [0.717, 1.165) is 22.9 Å². The van der Waals surface area contributed by atoms with Crippen LogP contribution in [0.5, 0.6) is 5.75 Å². The third-order valence-corrected chi connectivity index (χ3v) is 7.52. The van der Waals surface area contributed by atoms with E-state index in [1.165, 1.54) is 12.4 Å². The van der Waals surface area contributed by atoms with Crippen LogP contribution < -0.4 is 28.3 Å². The summed E-state index contributed by atoms with van der Waals surface area (Å²) in [6.45, 7) is 2.14. The largest absolute Gasteiger partial charge is 0.506 e. The van der Waals surface area contributed by atoms with E-state index in [9.17, 15) is 14.7 Å². The van der Waals surface area contributed by atoms with Crippen molar-refractivity contribution < 1.29 is 19.4 Å². The molecule has 3 heterocycles. The summed E-state index contributed by atoms with van der Waals surface area (Å²) in [4.78, 5) is 35.1. The summed E-state index contributed by atoms with van der Waals surface area (Å²) < 4.78 is 7.27. The lowest BCUT2D eigenvalue weighted by atomic mass is 9.97. The summed E-state index contributed by atoms with van der Waals surface area (Å²) in [5, 5.41) is 25.2. The summed E-state index contributed by atoms with van der Waals surface area (Å²) in [5.74, 6) is -0.704. The molecule has 0 spiro atoms. The van der Waals surface area contributed by atoms with E-state index in [1.54, 1.807) is 16.8 Å². The van der Waals surface area contributed by atoms with Crippen molar-refractivity contribution >= 4 is 40.2 Å². The molecule has 0 unspecified atom stereocenters. The van der Waals surface area contributed by atoms with Crippen molar-refractivity contribution in [2.24, 2.45) is 11.5 Å². The Hall–Kier alpha value is -5.70. The summed E-state index contributed by atoms with van der Waals surface area (Å²) in [7, 11) is 0. The van der Waals surface area contributed by atoms with E-state index in [4.69, 9.17) is 38.2 Å². The van der Waals surface area contributed by atoms with Crippen molar-refractivity contribution in [2.75, 3.05) is 37.8 Å². The first-order valence-corrected chi connectivity index (χ1v) is 14.2. The van der Waals surface area contributed by atoms with Gasteiger partial charge >= 0.3 is 0 Å². The van der Waals surface area contributed by atoms with Gasteiger partial charge in [-0.2, -0.15) is 5.10 Å². The molecule has 5 rings (SSSR count). The van der Waals surface area contributed by atoms with Crippen molar-refractivity contribution in [2.45, 2.75) is 25.9 Å². The number of nitrogens with one attached hydrogen (secondary N) is 2. The number of phenolic OH excluding ortho intramolecular Hbond substituents is 1. The number of nitrogens with zero attached hydrogens (tertiary/aromatic N) is 5. The van der Waals surface area contributed by atoms with Crippen molar-refractivity contribution in [3.63, 3.8) is 0 Å². The first kappa shape index (κ1) is 30.7. The molecule has 234 valence electrons. The van der Waals surface area contributed by atoms with Crippen LogP contribution in [0.3, 0.4) is 0 Å². The van der Waals surface area contributed by atoms with Crippen LogP contribution in [-0.4, -0.2) is 73.7 Å². The molecule has 2 aromatic heterocycles. The minimum Gasteiger partial charge on any atom is -0.506 e. The molecule has 0 saturated carbocycles. The van der Waals surface area contributed by atoms with Gasteiger partial charge in [0, 0.05) is 31.4 Å². The summed E-state index contributed by atoms with van der Waals surface area (Å²) in [6, 6.07) is 11.0. The number of benzene rings is 2. The smallest absolute Gasteiger partial charge is 0.256 e. The van der Waals surface area contributed by atoms with Crippen LogP contribution in [0.4, 0.5) is 11.5 Å². The van der Waals surface area contributed by atoms with E-state index >= 15 is 0 Å². The second-order valence-corrected chi connectivity index (χ2v) is 10.5. The van der Waals surface area contributed by atoms with Crippen LogP contribution in [0.15, 0.2) is 54.5 Å². The lowest BCUT2D eigenvalue weighted by molar-refractivity contribution is -0.133. The fourth-order valence-electron chi connectivity index (χ4n) is 5.17. The Labute approximate surface area is 258 Å². The van der Waals surface area contributed by atoms with Crippen LogP contribution in [0, 0.1) is 5.41 Å². The van der Waals surface area contributed by atoms with Gasteiger partial charge in [0.1, 0.15) is 29.4 Å². The maximum atomic E-state index is 12.8. The number of hydrogen-bond donors (Lipinski definition) is 7. The van der Waals surface area contributed by atoms with Crippen LogP contribution in [0.25, 0.3) is 22.3 Å². The van der Waals surface area contributed by atoms with Crippen molar-refractivity contribution in [3.05, 3.63) is 71.2 Å². The molecule has 0 fully saturated rings. The first-order valence-electron chi connectivity index (χ1n) is 14.2. The van der Waals surface area contributed by atoms with Gasteiger partial charge in [0.2, 0.25) is 5.91 Å². The molecule has 0 bridgehead atoms. The fraction of sp³-hybridized carbons (Fsp3) is 0.267. The number of phenols is 1. The van der Waals surface area contributed by atoms with E-state index in [0.29, 0.717) is 54.2 Å². The third kappa shape index (κ3) is 6.78. The Morgan fingerprint density at radius 3 is 2.69 bits per heavy atom. The average Bonchev–Trinajstić information content (AvgIpc) is 3.39. The van der Waals surface area contributed by atoms with Gasteiger partial charge < -0.3 is 43.0 Å². The molecule has 1 aliphatic heterocycles. The van der Waals surface area contributed by atoms with Gasteiger partial charge in [-0.3, -0.25) is 15.0 Å². The number of aromatic nitrogens is 4. The number of ether oxygens (including phenoxy) is 1. The summed E-state index contributed by atoms with van der Waals surface area (Å²) >= 11 is 0. The van der Waals surface area contributed by atoms with Gasteiger partial charge in [-0.05, 0) is 41.3 Å². The highest BCUT2D eigenvalue weighted by Crippen LogP contribution is 2.33. The molecule has 4 aromatic rings. The van der Waals surface area contributed by atoms with Gasteiger partial charge in [-0.25, -0.2) is 14.6 Å². The van der Waals surface area contributed by atoms with Gasteiger partial charge in [-0.1, -0.05) is 18.2 Å². The number of rotatable bonds is 11. The Kier molecular flexibility index (Phi) is 9.09. The highest BCUT2D eigenvalue weighted by Gasteiger charge is 2.22. The first-order chi connectivity index (χ1) is 21.7. The Morgan fingerprint density at radius 1 is 1.11 bits per heavy atom. The molecule has 0 atom stereocenters. The summed E-state index contributed by atoms with van der Waals surface area (Å²) in [5.41, 5.74) is 28.0. The third-order valence-electron chi connectivity index (χ3n) is 7.52. The topological polar surface area (TPSA) is 250 Å². The highest BCUT2D eigenvalue weighted by atomic mass is 16.5. The number of anilines is 2. The van der Waals surface area contributed by atoms with Crippen molar-refractivity contribution in [1.82, 2.24) is 30.0 Å². The Bertz CT molecular complexity index is 1800. The van der Waals surface area contributed by atoms with E-state index in [2.05, 4.69) is 21.4 Å². The van der Waals surface area contributed by atoms with E-state index < -0.39 is 11.7 Å². The molecule has 15 nitrogen and oxygen atoms in total. The maximum absolute atomic E-state index is 12.8. The van der Waals surface area contributed by atoms with Crippen LogP contribution in [0.2, 0.25) is 0 Å². The normalized spacial score (nSPS) is 13.1. The minimum absolute atomic E-state index is 0.0126. The second-order valence-electron chi connectivity index (χ2n) is 10.5. The van der Waals surface area contributed by atoms with E-state index in [1.807, 2.05) is 17.0 Å². The van der Waals surface area contributed by atoms with Crippen molar-refractivity contribution in [1.29, 1.82) is 5.41 Å². The minimum atomic E-state index is -0.555. The predicted octanol–water partition coefficient (Wildman–Crippen LogP) is 0.598. The molecule has 15 heteroatoms. The Morgan fingerprint density at radius 2 is 1.93 bits per heavy atom. The zero-order valence-corrected chi connectivity index (χ0v) is 24.5. The summed E-state index contributed by atoms with van der Waals surface area (Å²) in [6.07, 6.45) is 3.31. The van der Waals surface area contributed by atoms with Gasteiger partial charge in [0.05, 0.1) is 42.8 Å². The predicted molar refractivity (Wildman–Crippen MR) is 169 cm³/mol. The number of carbonyl (C=O) groups excluding carboxylic acids is 2. The zero-order chi connectivity index (χ0) is 32.1. The maximum Gasteiger partial charge on any atom is 0.256 e. The number of nitrogens with two attached hydrogens (primary N) is 4. The standard InChI is InChI=1S/C30H35N11O4/c31-13-21(27(33)34)30(44)36-7-10-45-9-6-24(43)40-8-5-18-11-17(1-2-20(18)15-40)14-41-29-25(28(35)37-16-38-29)26(39-41)19-3-4-23(42)22(32)12-19/h1-4,11-13,16,42H,5-10,14-15,31-32H2,(H3,33,34)(H,36,44)(H2,35,37,38). The van der Waals surface area contributed by atoms with Crippen LogP contribution in [0.1, 0.15) is 23.1 Å². The number of hydrogen-bond acceptors (Lipinski definition) is 11. The molecular weight excluding hydrogens is 578 g/mol. The molecule has 0 saturated heterocycles. The number of aromatic hydroxyl groups is 1. The molecule has 0 aliphatic carbocycles. The highest BCUT2D eigenvalue weighted by molar-refractivity contribution is 6.18. The fourth-order valence-corrected chi connectivity index (χ4v) is 5.17. The second kappa shape index (κ2) is 13.3. The molecule has 1 aliphatic rings. The molecule has 45 heavy (non-hydrogen) atoms. The lowest BCUT2D eigenvalue weighted by Gasteiger charge is -2.29. The molecule has 2 aromatic carbocycles. The monoisotopic (exact) mass is 613 g/mol. The number of amidine groups is 1. The molecular formula is C30H35N11O4. The quantitative estimate of drug-likeness (QED) is 0.0308. The van der Waals surface area contributed by atoms with Gasteiger partial charge in [0.25, 0.3) is 5.91 Å². The molecule has 11 N–H and O–H groups in total. The molecule has 2 amide bonds.